The number of hydrogen-bond acceptors (Lipinski definition) is 5. The van der Waals surface area contributed by atoms with E-state index < -0.39 is 0 Å². The summed E-state index contributed by atoms with van der Waals surface area (Å²) in [5, 5.41) is 12.3. The number of aromatic nitrogens is 3. The highest BCUT2D eigenvalue weighted by Crippen LogP contribution is 2.28. The second-order valence-corrected chi connectivity index (χ2v) is 7.47. The third kappa shape index (κ3) is 2.70. The Morgan fingerprint density at radius 3 is 3.13 bits per heavy atom. The molecule has 0 saturated carbocycles. The average molecular weight is 344 g/mol. The minimum Gasteiger partial charge on any atom is -0.334 e. The minimum atomic E-state index is -0.0323. The van der Waals surface area contributed by atoms with Crippen molar-refractivity contribution in [1.29, 1.82) is 0 Å². The number of carbonyl (C=O) groups is 1. The molecule has 3 aromatic heterocycles. The molecule has 1 aliphatic rings. The summed E-state index contributed by atoms with van der Waals surface area (Å²) in [6.07, 6.45) is 3.04. The van der Waals surface area contributed by atoms with Crippen LogP contribution in [0.15, 0.2) is 22.9 Å². The zero-order valence-electron chi connectivity index (χ0n) is 12.7. The fourth-order valence-electron chi connectivity index (χ4n) is 2.88. The predicted molar refractivity (Wildman–Crippen MR) is 91.8 cm³/mol. The van der Waals surface area contributed by atoms with Gasteiger partial charge >= 0.3 is 0 Å². The van der Waals surface area contributed by atoms with Crippen molar-refractivity contribution in [3.63, 3.8) is 0 Å². The van der Waals surface area contributed by atoms with Crippen molar-refractivity contribution >= 4 is 28.6 Å². The predicted octanol–water partition coefficient (Wildman–Crippen LogP) is 3.36. The first-order valence-electron chi connectivity index (χ1n) is 7.52. The van der Waals surface area contributed by atoms with Gasteiger partial charge in [0.2, 0.25) is 0 Å². The third-order valence-electron chi connectivity index (χ3n) is 4.04. The maximum absolute atomic E-state index is 12.6. The second kappa shape index (κ2) is 5.90. The molecule has 1 N–H and O–H groups in total. The number of thiazole rings is 1. The smallest absolute Gasteiger partial charge is 0.274 e. The molecule has 1 amide bonds. The van der Waals surface area contributed by atoms with E-state index in [4.69, 9.17) is 0 Å². The lowest BCUT2D eigenvalue weighted by atomic mass is 10.2. The molecule has 0 radical (unpaired) electrons. The van der Waals surface area contributed by atoms with Gasteiger partial charge in [0, 0.05) is 23.7 Å². The number of carbonyl (C=O) groups excluding carboxylic acids is 1. The minimum absolute atomic E-state index is 0.0323. The van der Waals surface area contributed by atoms with Gasteiger partial charge in [0.15, 0.2) is 5.69 Å². The van der Waals surface area contributed by atoms with Gasteiger partial charge in [-0.3, -0.25) is 9.89 Å². The molecular formula is C16H16N4OS2. The number of aryl methyl sites for hydroxylation is 1. The van der Waals surface area contributed by atoms with Crippen molar-refractivity contribution < 1.29 is 4.79 Å². The van der Waals surface area contributed by atoms with Crippen LogP contribution in [-0.4, -0.2) is 33.0 Å². The molecule has 4 rings (SSSR count). The molecule has 118 valence electrons. The summed E-state index contributed by atoms with van der Waals surface area (Å²) in [4.78, 5) is 20.1. The monoisotopic (exact) mass is 344 g/mol. The number of fused-ring (bicyclic) bond motifs is 1. The Balaban J connectivity index is 1.49. The van der Waals surface area contributed by atoms with Crippen LogP contribution in [0.2, 0.25) is 0 Å². The van der Waals surface area contributed by atoms with Gasteiger partial charge in [-0.1, -0.05) is 6.07 Å². The largest absolute Gasteiger partial charge is 0.334 e. The number of aromatic amines is 1. The number of nitrogens with zero attached hydrogens (tertiary/aromatic N) is 3. The summed E-state index contributed by atoms with van der Waals surface area (Å²) < 4.78 is 0. The van der Waals surface area contributed by atoms with E-state index in [9.17, 15) is 4.79 Å². The molecular weight excluding hydrogens is 328 g/mol. The van der Waals surface area contributed by atoms with E-state index in [-0.39, 0.29) is 5.91 Å². The van der Waals surface area contributed by atoms with Crippen LogP contribution in [0, 0.1) is 0 Å². The van der Waals surface area contributed by atoms with Crippen LogP contribution < -0.4 is 0 Å². The summed E-state index contributed by atoms with van der Waals surface area (Å²) in [5.41, 5.74) is 3.71. The zero-order chi connectivity index (χ0) is 15.8. The highest BCUT2D eigenvalue weighted by molar-refractivity contribution is 7.20. The number of nitrogens with one attached hydrogen (secondary N) is 1. The fourth-order valence-corrected chi connectivity index (χ4v) is 4.51. The topological polar surface area (TPSA) is 61.9 Å². The van der Waals surface area contributed by atoms with Crippen molar-refractivity contribution in [2.24, 2.45) is 0 Å². The van der Waals surface area contributed by atoms with Gasteiger partial charge in [-0.2, -0.15) is 5.10 Å². The Morgan fingerprint density at radius 1 is 1.39 bits per heavy atom. The number of H-pyrrole nitrogens is 1. The van der Waals surface area contributed by atoms with E-state index >= 15 is 0 Å². The Hall–Kier alpha value is -1.99. The molecule has 0 atom stereocenters. The zero-order valence-corrected chi connectivity index (χ0v) is 14.3. The van der Waals surface area contributed by atoms with Crippen molar-refractivity contribution in [3.05, 3.63) is 45.5 Å². The lowest BCUT2D eigenvalue weighted by Crippen LogP contribution is -2.27. The van der Waals surface area contributed by atoms with Crippen molar-refractivity contribution in [2.75, 3.05) is 7.05 Å². The van der Waals surface area contributed by atoms with Crippen LogP contribution in [0.5, 0.6) is 0 Å². The Bertz CT molecular complexity index is 834. The van der Waals surface area contributed by atoms with Crippen molar-refractivity contribution in [2.45, 2.75) is 25.8 Å². The first-order valence-corrected chi connectivity index (χ1v) is 9.28. The lowest BCUT2D eigenvalue weighted by molar-refractivity contribution is 0.0776. The summed E-state index contributed by atoms with van der Waals surface area (Å²) in [7, 11) is 1.81. The molecule has 0 aliphatic heterocycles. The quantitative estimate of drug-likeness (QED) is 0.789. The van der Waals surface area contributed by atoms with Gasteiger partial charge in [-0.25, -0.2) is 4.98 Å². The highest BCUT2D eigenvalue weighted by Gasteiger charge is 2.25. The van der Waals surface area contributed by atoms with Gasteiger partial charge in [0.1, 0.15) is 5.01 Å². The van der Waals surface area contributed by atoms with E-state index in [0.717, 1.165) is 41.2 Å². The molecule has 0 bridgehead atoms. The summed E-state index contributed by atoms with van der Waals surface area (Å²) >= 11 is 3.30. The normalized spacial score (nSPS) is 13.3. The van der Waals surface area contributed by atoms with E-state index in [0.29, 0.717) is 12.2 Å². The van der Waals surface area contributed by atoms with Crippen LogP contribution in [0.3, 0.4) is 0 Å². The van der Waals surface area contributed by atoms with Crippen molar-refractivity contribution in [1.82, 2.24) is 20.1 Å². The average Bonchev–Trinajstić information content (AvgIpc) is 3.29. The molecule has 23 heavy (non-hydrogen) atoms. The van der Waals surface area contributed by atoms with Crippen LogP contribution in [0.4, 0.5) is 0 Å². The highest BCUT2D eigenvalue weighted by atomic mass is 32.1. The van der Waals surface area contributed by atoms with E-state index in [2.05, 4.69) is 21.2 Å². The molecule has 0 fully saturated rings. The Labute approximate surface area is 142 Å². The van der Waals surface area contributed by atoms with E-state index in [1.807, 2.05) is 23.9 Å². The molecule has 0 aromatic carbocycles. The second-order valence-electron chi connectivity index (χ2n) is 5.67. The van der Waals surface area contributed by atoms with Crippen molar-refractivity contribution in [3.8, 4) is 9.88 Å². The number of rotatable bonds is 4. The Kier molecular flexibility index (Phi) is 3.74. The number of thiophene rings is 1. The number of amides is 1. The maximum Gasteiger partial charge on any atom is 0.274 e. The molecule has 0 spiro atoms. The third-order valence-corrected chi connectivity index (χ3v) is 5.97. The number of hydrogen-bond donors (Lipinski definition) is 1. The molecule has 1 aliphatic carbocycles. The molecule has 3 heterocycles. The van der Waals surface area contributed by atoms with Crippen LogP contribution >= 0.6 is 22.7 Å². The SMILES string of the molecule is CN(Cc1csc(-c2cccs2)n1)C(=O)c1n[nH]c2c1CCC2. The first kappa shape index (κ1) is 14.6. The van der Waals surface area contributed by atoms with Gasteiger partial charge in [0.25, 0.3) is 5.91 Å². The van der Waals surface area contributed by atoms with E-state index in [1.54, 1.807) is 27.6 Å². The van der Waals surface area contributed by atoms with E-state index in [1.165, 1.54) is 4.88 Å². The summed E-state index contributed by atoms with van der Waals surface area (Å²) in [5.74, 6) is -0.0323. The molecule has 0 unspecified atom stereocenters. The van der Waals surface area contributed by atoms with Crippen LogP contribution in [0.1, 0.15) is 33.9 Å². The maximum atomic E-state index is 12.6. The molecule has 3 aromatic rings. The molecule has 5 nitrogen and oxygen atoms in total. The van der Waals surface area contributed by atoms with Gasteiger partial charge in [0.05, 0.1) is 17.1 Å². The Morgan fingerprint density at radius 2 is 2.30 bits per heavy atom. The first-order chi connectivity index (χ1) is 11.2. The summed E-state index contributed by atoms with van der Waals surface area (Å²) in [6, 6.07) is 4.09. The van der Waals surface area contributed by atoms with Crippen LogP contribution in [-0.2, 0) is 19.4 Å². The van der Waals surface area contributed by atoms with Crippen LogP contribution in [0.25, 0.3) is 9.88 Å². The molecule has 0 saturated heterocycles. The summed E-state index contributed by atoms with van der Waals surface area (Å²) in [6.45, 7) is 0.502. The molecule has 7 heteroatoms. The van der Waals surface area contributed by atoms with Gasteiger partial charge in [-0.15, -0.1) is 22.7 Å². The lowest BCUT2D eigenvalue weighted by Gasteiger charge is -2.15. The van der Waals surface area contributed by atoms with Gasteiger partial charge < -0.3 is 4.90 Å². The standard InChI is InChI=1S/C16H16N4OS2/c1-20(16(21)14-11-4-2-5-12(11)18-19-14)8-10-9-23-15(17-10)13-6-3-7-22-13/h3,6-7,9H,2,4-5,8H2,1H3,(H,18,19). The van der Waals surface area contributed by atoms with Gasteiger partial charge in [-0.05, 0) is 30.7 Å². The fraction of sp³-hybridized carbons (Fsp3) is 0.312.